The van der Waals surface area contributed by atoms with Gasteiger partial charge in [-0.1, -0.05) is 31.8 Å². The van der Waals surface area contributed by atoms with Gasteiger partial charge in [-0.3, -0.25) is 0 Å². The summed E-state index contributed by atoms with van der Waals surface area (Å²) in [5.74, 6) is 2.31. The fourth-order valence-electron chi connectivity index (χ4n) is 2.22. The van der Waals surface area contributed by atoms with E-state index in [0.29, 0.717) is 11.1 Å². The summed E-state index contributed by atoms with van der Waals surface area (Å²) in [6.07, 6.45) is 5.32. The van der Waals surface area contributed by atoms with Crippen molar-refractivity contribution in [3.05, 3.63) is 11.7 Å². The monoisotopic (exact) mass is 255 g/mol. The first-order valence-electron chi connectivity index (χ1n) is 6.29. The highest BCUT2D eigenvalue weighted by Crippen LogP contribution is 2.30. The van der Waals surface area contributed by atoms with Gasteiger partial charge in [-0.15, -0.1) is 0 Å². The van der Waals surface area contributed by atoms with Crippen LogP contribution in [0.15, 0.2) is 4.52 Å². The topological polar surface area (TPSA) is 64.9 Å². The maximum Gasteiger partial charge on any atom is 0.228 e. The van der Waals surface area contributed by atoms with Crippen LogP contribution in [-0.4, -0.2) is 20.9 Å². The van der Waals surface area contributed by atoms with Crippen LogP contribution in [-0.2, 0) is 12.2 Å². The summed E-state index contributed by atoms with van der Waals surface area (Å²) in [6, 6.07) is 0. The maximum atomic E-state index is 6.29. The van der Waals surface area contributed by atoms with Crippen LogP contribution in [0.5, 0.6) is 0 Å². The third kappa shape index (κ3) is 3.71. The lowest BCUT2D eigenvalue weighted by Crippen LogP contribution is -2.38. The standard InChI is InChI=1S/C12H21N3OS/c1-9(2)17-8-10-14-11(16-15-10)7-12(13)5-3-4-6-12/h9H,3-8,13H2,1-2H3. The number of nitrogens with two attached hydrogens (primary N) is 1. The summed E-state index contributed by atoms with van der Waals surface area (Å²) in [6.45, 7) is 4.33. The molecular weight excluding hydrogens is 234 g/mol. The van der Waals surface area contributed by atoms with Crippen molar-refractivity contribution in [1.29, 1.82) is 0 Å². The van der Waals surface area contributed by atoms with Crippen molar-refractivity contribution >= 4 is 11.8 Å². The van der Waals surface area contributed by atoms with E-state index in [9.17, 15) is 0 Å². The van der Waals surface area contributed by atoms with E-state index < -0.39 is 0 Å². The Labute approximate surface area is 107 Å². The summed E-state index contributed by atoms with van der Waals surface area (Å²) in [5, 5.41) is 4.59. The molecule has 2 rings (SSSR count). The highest BCUT2D eigenvalue weighted by Gasteiger charge is 2.31. The largest absolute Gasteiger partial charge is 0.339 e. The second kappa shape index (κ2) is 5.40. The molecule has 0 unspecified atom stereocenters. The fraction of sp³-hybridized carbons (Fsp3) is 0.833. The Morgan fingerprint density at radius 3 is 2.76 bits per heavy atom. The lowest BCUT2D eigenvalue weighted by atomic mass is 9.95. The number of rotatable bonds is 5. The van der Waals surface area contributed by atoms with Gasteiger partial charge in [0.05, 0.1) is 5.75 Å². The molecule has 1 aromatic heterocycles. The van der Waals surface area contributed by atoms with Crippen LogP contribution in [0.4, 0.5) is 0 Å². The van der Waals surface area contributed by atoms with E-state index >= 15 is 0 Å². The maximum absolute atomic E-state index is 6.29. The van der Waals surface area contributed by atoms with Crippen molar-refractivity contribution in [2.45, 2.75) is 62.5 Å². The molecule has 0 spiro atoms. The van der Waals surface area contributed by atoms with Gasteiger partial charge in [-0.05, 0) is 18.1 Å². The second-order valence-corrected chi connectivity index (χ2v) is 6.78. The molecule has 96 valence electrons. The van der Waals surface area contributed by atoms with Gasteiger partial charge in [0.2, 0.25) is 5.89 Å². The summed E-state index contributed by atoms with van der Waals surface area (Å²) < 4.78 is 5.27. The molecule has 17 heavy (non-hydrogen) atoms. The molecule has 0 saturated heterocycles. The Hall–Kier alpha value is -0.550. The molecular formula is C12H21N3OS. The van der Waals surface area contributed by atoms with Crippen LogP contribution in [0, 0.1) is 0 Å². The summed E-state index contributed by atoms with van der Waals surface area (Å²) in [5.41, 5.74) is 6.19. The normalized spacial score (nSPS) is 19.1. The minimum atomic E-state index is -0.102. The lowest BCUT2D eigenvalue weighted by molar-refractivity contribution is 0.327. The Bertz CT molecular complexity index is 358. The number of thioether (sulfide) groups is 1. The number of nitrogens with zero attached hydrogens (tertiary/aromatic N) is 2. The molecule has 2 N–H and O–H groups in total. The fourth-order valence-corrected chi connectivity index (χ4v) is 2.82. The van der Waals surface area contributed by atoms with E-state index in [1.54, 1.807) is 0 Å². The molecule has 0 aromatic carbocycles. The first kappa shape index (κ1) is 12.9. The van der Waals surface area contributed by atoms with Gasteiger partial charge >= 0.3 is 0 Å². The first-order chi connectivity index (χ1) is 8.07. The molecule has 0 amide bonds. The van der Waals surface area contributed by atoms with Gasteiger partial charge < -0.3 is 10.3 Å². The minimum absolute atomic E-state index is 0.102. The summed E-state index contributed by atoms with van der Waals surface area (Å²) >= 11 is 1.82. The van der Waals surface area contributed by atoms with Crippen molar-refractivity contribution in [2.24, 2.45) is 5.73 Å². The Morgan fingerprint density at radius 2 is 2.12 bits per heavy atom. The van der Waals surface area contributed by atoms with Gasteiger partial charge in [-0.25, -0.2) is 0 Å². The molecule has 4 nitrogen and oxygen atoms in total. The van der Waals surface area contributed by atoms with Crippen molar-refractivity contribution < 1.29 is 4.52 Å². The Balaban J connectivity index is 1.89. The molecule has 1 heterocycles. The van der Waals surface area contributed by atoms with Crippen molar-refractivity contribution in [1.82, 2.24) is 10.1 Å². The SMILES string of the molecule is CC(C)SCc1noc(CC2(N)CCCC2)n1. The van der Waals surface area contributed by atoms with Crippen LogP contribution < -0.4 is 5.73 Å². The molecule has 1 aliphatic carbocycles. The van der Waals surface area contributed by atoms with Gasteiger partial charge in [-0.2, -0.15) is 16.7 Å². The highest BCUT2D eigenvalue weighted by atomic mass is 32.2. The molecule has 0 radical (unpaired) electrons. The van der Waals surface area contributed by atoms with Gasteiger partial charge in [0.1, 0.15) is 0 Å². The van der Waals surface area contributed by atoms with E-state index in [0.717, 1.165) is 30.8 Å². The van der Waals surface area contributed by atoms with E-state index in [-0.39, 0.29) is 5.54 Å². The molecule has 0 aliphatic heterocycles. The highest BCUT2D eigenvalue weighted by molar-refractivity contribution is 7.99. The summed E-state index contributed by atoms with van der Waals surface area (Å²) in [4.78, 5) is 4.41. The zero-order valence-electron chi connectivity index (χ0n) is 10.6. The molecule has 0 bridgehead atoms. The molecule has 1 saturated carbocycles. The lowest BCUT2D eigenvalue weighted by Gasteiger charge is -2.20. The Kier molecular flexibility index (Phi) is 4.09. The summed E-state index contributed by atoms with van der Waals surface area (Å²) in [7, 11) is 0. The van der Waals surface area contributed by atoms with E-state index in [1.165, 1.54) is 12.8 Å². The number of aromatic nitrogens is 2. The van der Waals surface area contributed by atoms with Gasteiger partial charge in [0.15, 0.2) is 5.82 Å². The zero-order valence-corrected chi connectivity index (χ0v) is 11.4. The van der Waals surface area contributed by atoms with E-state index in [4.69, 9.17) is 10.3 Å². The molecule has 5 heteroatoms. The minimum Gasteiger partial charge on any atom is -0.339 e. The number of hydrogen-bond donors (Lipinski definition) is 1. The predicted octanol–water partition coefficient (Wildman–Crippen LogP) is 2.53. The molecule has 1 aromatic rings. The quantitative estimate of drug-likeness (QED) is 0.875. The molecule has 1 aliphatic rings. The average molecular weight is 255 g/mol. The Morgan fingerprint density at radius 1 is 1.41 bits per heavy atom. The van der Waals surface area contributed by atoms with Crippen molar-refractivity contribution in [3.8, 4) is 0 Å². The second-order valence-electron chi connectivity index (χ2n) is 5.21. The molecule has 0 atom stereocenters. The average Bonchev–Trinajstić information content (AvgIpc) is 2.85. The van der Waals surface area contributed by atoms with Crippen LogP contribution in [0.3, 0.4) is 0 Å². The smallest absolute Gasteiger partial charge is 0.228 e. The third-order valence-corrected chi connectivity index (χ3v) is 4.25. The van der Waals surface area contributed by atoms with Crippen LogP contribution in [0.1, 0.15) is 51.2 Å². The van der Waals surface area contributed by atoms with E-state index in [2.05, 4.69) is 24.0 Å². The third-order valence-electron chi connectivity index (χ3n) is 3.16. The van der Waals surface area contributed by atoms with Crippen LogP contribution in [0.25, 0.3) is 0 Å². The van der Waals surface area contributed by atoms with Crippen LogP contribution in [0.2, 0.25) is 0 Å². The number of hydrogen-bond acceptors (Lipinski definition) is 5. The van der Waals surface area contributed by atoms with Crippen molar-refractivity contribution in [2.75, 3.05) is 0 Å². The molecule has 1 fully saturated rings. The van der Waals surface area contributed by atoms with Gasteiger partial charge in [0, 0.05) is 12.0 Å². The zero-order chi connectivity index (χ0) is 12.3. The van der Waals surface area contributed by atoms with Crippen molar-refractivity contribution in [3.63, 3.8) is 0 Å². The van der Waals surface area contributed by atoms with Crippen LogP contribution >= 0.6 is 11.8 Å². The van der Waals surface area contributed by atoms with E-state index in [1.807, 2.05) is 11.8 Å². The van der Waals surface area contributed by atoms with Gasteiger partial charge in [0.25, 0.3) is 0 Å². The first-order valence-corrected chi connectivity index (χ1v) is 7.34. The predicted molar refractivity (Wildman–Crippen MR) is 69.8 cm³/mol.